The summed E-state index contributed by atoms with van der Waals surface area (Å²) < 4.78 is 6.71. The number of nitrogens with zero attached hydrogens (tertiary/aromatic N) is 4. The van der Waals surface area contributed by atoms with Crippen molar-refractivity contribution < 1.29 is 4.74 Å². The molecule has 6 heteroatoms. The molecule has 22 heavy (non-hydrogen) atoms. The van der Waals surface area contributed by atoms with Crippen LogP contribution in [0.4, 0.5) is 0 Å². The number of fused-ring (bicyclic) bond motifs is 1. The Morgan fingerprint density at radius 2 is 1.95 bits per heavy atom. The molecule has 0 amide bonds. The molecule has 0 fully saturated rings. The molecule has 0 aliphatic carbocycles. The van der Waals surface area contributed by atoms with Crippen molar-refractivity contribution in [2.75, 3.05) is 7.11 Å². The summed E-state index contributed by atoms with van der Waals surface area (Å²) in [6.07, 6.45) is 0. The van der Waals surface area contributed by atoms with E-state index < -0.39 is 0 Å². The second-order valence-electron chi connectivity index (χ2n) is 5.32. The minimum atomic E-state index is 0.427. The van der Waals surface area contributed by atoms with Crippen LogP contribution in [0.1, 0.15) is 27.4 Å². The van der Waals surface area contributed by atoms with Gasteiger partial charge in [0, 0.05) is 12.7 Å². The topological polar surface area (TPSA) is 63.2 Å². The molecule has 0 unspecified atom stereocenters. The number of rotatable bonds is 3. The van der Waals surface area contributed by atoms with Gasteiger partial charge in [0.25, 0.3) is 0 Å². The van der Waals surface area contributed by atoms with Crippen molar-refractivity contribution in [2.24, 2.45) is 0 Å². The van der Waals surface area contributed by atoms with Crippen molar-refractivity contribution in [2.45, 2.75) is 27.4 Å². The number of aryl methyl sites for hydroxylation is 3. The van der Waals surface area contributed by atoms with E-state index in [1.807, 2.05) is 13.8 Å². The van der Waals surface area contributed by atoms with E-state index >= 15 is 0 Å². The van der Waals surface area contributed by atoms with Crippen LogP contribution >= 0.6 is 11.3 Å². The summed E-state index contributed by atoms with van der Waals surface area (Å²) in [5, 5.41) is 14.8. The first-order valence-electron chi connectivity index (χ1n) is 6.91. The third kappa shape index (κ3) is 2.28. The van der Waals surface area contributed by atoms with Crippen molar-refractivity contribution in [3.05, 3.63) is 39.5 Å². The van der Waals surface area contributed by atoms with E-state index in [2.05, 4.69) is 35.2 Å². The van der Waals surface area contributed by atoms with Gasteiger partial charge in [0.05, 0.1) is 6.61 Å². The SMILES string of the molecule is COCc1nn2c(C#N)c(-c3c(C)cc(C)cc3C)nc2s1. The highest BCUT2D eigenvalue weighted by molar-refractivity contribution is 7.16. The van der Waals surface area contributed by atoms with E-state index in [1.54, 1.807) is 11.6 Å². The number of nitriles is 1. The smallest absolute Gasteiger partial charge is 0.214 e. The molecular formula is C16H16N4OS. The average molecular weight is 312 g/mol. The summed E-state index contributed by atoms with van der Waals surface area (Å²) in [6.45, 7) is 6.59. The lowest BCUT2D eigenvalue weighted by Crippen LogP contribution is -1.96. The molecule has 2 heterocycles. The van der Waals surface area contributed by atoms with Crippen LogP contribution in [0.25, 0.3) is 16.2 Å². The van der Waals surface area contributed by atoms with Gasteiger partial charge in [0.2, 0.25) is 4.96 Å². The van der Waals surface area contributed by atoms with Crippen molar-refractivity contribution in [1.29, 1.82) is 5.26 Å². The van der Waals surface area contributed by atoms with Gasteiger partial charge >= 0.3 is 0 Å². The van der Waals surface area contributed by atoms with Crippen LogP contribution in [-0.4, -0.2) is 21.7 Å². The van der Waals surface area contributed by atoms with Crippen LogP contribution < -0.4 is 0 Å². The Bertz CT molecular complexity index is 878. The Labute approximate surface area is 132 Å². The molecular weight excluding hydrogens is 296 g/mol. The minimum absolute atomic E-state index is 0.427. The van der Waals surface area contributed by atoms with Crippen molar-refractivity contribution in [1.82, 2.24) is 14.6 Å². The first-order valence-corrected chi connectivity index (χ1v) is 7.72. The second-order valence-corrected chi connectivity index (χ2v) is 6.36. The van der Waals surface area contributed by atoms with E-state index in [9.17, 15) is 5.26 Å². The maximum Gasteiger partial charge on any atom is 0.214 e. The fourth-order valence-electron chi connectivity index (χ4n) is 2.80. The van der Waals surface area contributed by atoms with Gasteiger partial charge in [-0.25, -0.2) is 4.98 Å². The quantitative estimate of drug-likeness (QED) is 0.743. The normalized spacial score (nSPS) is 11.0. The summed E-state index contributed by atoms with van der Waals surface area (Å²) >= 11 is 1.45. The lowest BCUT2D eigenvalue weighted by molar-refractivity contribution is 0.183. The Kier molecular flexibility index (Phi) is 3.69. The van der Waals surface area contributed by atoms with E-state index in [1.165, 1.54) is 16.9 Å². The van der Waals surface area contributed by atoms with E-state index in [0.29, 0.717) is 18.0 Å². The number of aromatic nitrogens is 3. The molecule has 0 saturated heterocycles. The van der Waals surface area contributed by atoms with Crippen molar-refractivity contribution in [3.63, 3.8) is 0 Å². The lowest BCUT2D eigenvalue weighted by Gasteiger charge is -2.09. The Hall–Kier alpha value is -2.23. The largest absolute Gasteiger partial charge is 0.377 e. The first-order chi connectivity index (χ1) is 10.5. The average Bonchev–Trinajstić information content (AvgIpc) is 2.94. The third-order valence-corrected chi connectivity index (χ3v) is 4.41. The molecule has 0 saturated carbocycles. The highest BCUT2D eigenvalue weighted by atomic mass is 32.1. The van der Waals surface area contributed by atoms with Crippen LogP contribution in [0.15, 0.2) is 12.1 Å². The zero-order valence-corrected chi connectivity index (χ0v) is 13.8. The molecule has 0 radical (unpaired) electrons. The highest BCUT2D eigenvalue weighted by Crippen LogP contribution is 2.32. The molecule has 1 aromatic carbocycles. The molecule has 0 aliphatic rings. The molecule has 0 spiro atoms. The first kappa shape index (κ1) is 14.7. The van der Waals surface area contributed by atoms with E-state index in [-0.39, 0.29) is 0 Å². The van der Waals surface area contributed by atoms with Crippen LogP contribution in [0, 0.1) is 32.1 Å². The third-order valence-electron chi connectivity index (χ3n) is 3.53. The molecule has 112 valence electrons. The lowest BCUT2D eigenvalue weighted by atomic mass is 9.96. The Morgan fingerprint density at radius 3 is 2.55 bits per heavy atom. The maximum absolute atomic E-state index is 9.56. The van der Waals surface area contributed by atoms with Gasteiger partial charge in [-0.15, -0.1) is 0 Å². The van der Waals surface area contributed by atoms with Crippen LogP contribution in [0.3, 0.4) is 0 Å². The van der Waals surface area contributed by atoms with Crippen LogP contribution in [0.5, 0.6) is 0 Å². The molecule has 0 bridgehead atoms. The highest BCUT2D eigenvalue weighted by Gasteiger charge is 2.20. The van der Waals surface area contributed by atoms with Gasteiger partial charge in [0.15, 0.2) is 5.69 Å². The van der Waals surface area contributed by atoms with Crippen LogP contribution in [-0.2, 0) is 11.3 Å². The van der Waals surface area contributed by atoms with Gasteiger partial charge in [-0.2, -0.15) is 14.9 Å². The zero-order valence-electron chi connectivity index (χ0n) is 13.0. The summed E-state index contributed by atoms with van der Waals surface area (Å²) in [6, 6.07) is 6.47. The summed E-state index contributed by atoms with van der Waals surface area (Å²) in [5.74, 6) is 0. The molecule has 2 aromatic heterocycles. The van der Waals surface area contributed by atoms with Gasteiger partial charge in [-0.1, -0.05) is 29.0 Å². The monoisotopic (exact) mass is 312 g/mol. The zero-order chi connectivity index (χ0) is 15.9. The molecule has 0 atom stereocenters. The molecule has 3 aromatic rings. The predicted molar refractivity (Wildman–Crippen MR) is 85.9 cm³/mol. The van der Waals surface area contributed by atoms with Crippen LogP contribution in [0.2, 0.25) is 0 Å². The number of hydrogen-bond donors (Lipinski definition) is 0. The fraction of sp³-hybridized carbons (Fsp3) is 0.312. The second kappa shape index (κ2) is 5.52. The number of ether oxygens (including phenoxy) is 1. The maximum atomic E-state index is 9.56. The van der Waals surface area contributed by atoms with Crippen molar-refractivity contribution in [3.8, 4) is 17.3 Å². The van der Waals surface area contributed by atoms with E-state index in [0.717, 1.165) is 26.7 Å². The number of benzene rings is 1. The summed E-state index contributed by atoms with van der Waals surface area (Å²) in [4.78, 5) is 5.37. The van der Waals surface area contributed by atoms with Gasteiger partial charge in [0.1, 0.15) is 16.8 Å². The van der Waals surface area contributed by atoms with Crippen molar-refractivity contribution >= 4 is 16.3 Å². The molecule has 0 aliphatic heterocycles. The van der Waals surface area contributed by atoms with E-state index in [4.69, 9.17) is 4.74 Å². The van der Waals surface area contributed by atoms with Gasteiger partial charge in [-0.05, 0) is 31.9 Å². The number of methoxy groups -OCH3 is 1. The molecule has 3 rings (SSSR count). The summed E-state index contributed by atoms with van der Waals surface area (Å²) in [5.41, 5.74) is 5.66. The predicted octanol–water partition coefficient (Wildman–Crippen LogP) is 3.40. The minimum Gasteiger partial charge on any atom is -0.377 e. The summed E-state index contributed by atoms with van der Waals surface area (Å²) in [7, 11) is 1.62. The Balaban J connectivity index is 2.24. The molecule has 0 N–H and O–H groups in total. The van der Waals surface area contributed by atoms with Gasteiger partial charge < -0.3 is 4.74 Å². The number of hydrogen-bond acceptors (Lipinski definition) is 5. The van der Waals surface area contributed by atoms with Gasteiger partial charge in [-0.3, -0.25) is 0 Å². The fourth-order valence-corrected chi connectivity index (χ4v) is 3.66. The molecule has 5 nitrogen and oxygen atoms in total. The number of imidazole rings is 1. The Morgan fingerprint density at radius 1 is 1.27 bits per heavy atom. The standard InChI is InChI=1S/C16H16N4OS/c1-9-5-10(2)14(11(3)6-9)15-12(7-17)20-16(18-15)22-13(19-20)8-21-4/h5-6H,8H2,1-4H3.